The molecule has 72 valence electrons. The first-order valence-electron chi connectivity index (χ1n) is 4.30. The van der Waals surface area contributed by atoms with Gasteiger partial charge in [-0.2, -0.15) is 9.97 Å². The fourth-order valence-corrected chi connectivity index (χ4v) is 1.34. The number of aryl methyl sites for hydroxylation is 1. The van der Waals surface area contributed by atoms with Crippen LogP contribution in [0.5, 0.6) is 0 Å². The van der Waals surface area contributed by atoms with Gasteiger partial charge in [0.05, 0.1) is 0 Å². The molecule has 0 amide bonds. The van der Waals surface area contributed by atoms with Crippen LogP contribution in [0.25, 0.3) is 0 Å². The highest BCUT2D eigenvalue weighted by atomic mass is 32.2. The molecule has 0 aromatic carbocycles. The first-order chi connectivity index (χ1) is 6.26. The van der Waals surface area contributed by atoms with Crippen LogP contribution in [0.3, 0.4) is 0 Å². The zero-order valence-corrected chi connectivity index (χ0v) is 8.77. The third kappa shape index (κ3) is 3.18. The summed E-state index contributed by atoms with van der Waals surface area (Å²) < 4.78 is 0. The van der Waals surface area contributed by atoms with Crippen LogP contribution in [-0.4, -0.2) is 21.2 Å². The van der Waals surface area contributed by atoms with Crippen molar-refractivity contribution in [1.29, 1.82) is 0 Å². The van der Waals surface area contributed by atoms with Crippen molar-refractivity contribution in [1.82, 2.24) is 15.0 Å². The van der Waals surface area contributed by atoms with Crippen molar-refractivity contribution in [3.8, 4) is 0 Å². The van der Waals surface area contributed by atoms with E-state index in [2.05, 4.69) is 21.9 Å². The lowest BCUT2D eigenvalue weighted by Crippen LogP contribution is -2.04. The summed E-state index contributed by atoms with van der Waals surface area (Å²) in [6.45, 7) is 2.14. The lowest BCUT2D eigenvalue weighted by molar-refractivity contribution is 0.725. The number of rotatable bonds is 4. The first kappa shape index (κ1) is 10.2. The summed E-state index contributed by atoms with van der Waals surface area (Å²) in [5.41, 5.74) is 5.53. The van der Waals surface area contributed by atoms with Crippen molar-refractivity contribution >= 4 is 17.7 Å². The summed E-state index contributed by atoms with van der Waals surface area (Å²) in [7, 11) is 0. The molecule has 2 N–H and O–H groups in total. The van der Waals surface area contributed by atoms with E-state index in [1.165, 1.54) is 11.8 Å². The van der Waals surface area contributed by atoms with Gasteiger partial charge in [0.1, 0.15) is 5.82 Å². The number of nitrogens with two attached hydrogens (primary N) is 1. The van der Waals surface area contributed by atoms with E-state index in [1.54, 1.807) is 0 Å². The Kier molecular flexibility index (Phi) is 3.95. The highest BCUT2D eigenvalue weighted by Gasteiger charge is 2.02. The molecule has 5 heteroatoms. The molecule has 4 nitrogen and oxygen atoms in total. The zero-order valence-electron chi connectivity index (χ0n) is 7.95. The van der Waals surface area contributed by atoms with Crippen LogP contribution >= 0.6 is 11.8 Å². The molecule has 0 unspecified atom stereocenters. The molecule has 1 heterocycles. The number of anilines is 1. The third-order valence-corrected chi connectivity index (χ3v) is 2.16. The van der Waals surface area contributed by atoms with Gasteiger partial charge in [0.15, 0.2) is 5.16 Å². The molecule has 0 spiro atoms. The molecule has 1 aromatic heterocycles. The van der Waals surface area contributed by atoms with Crippen LogP contribution in [0.15, 0.2) is 5.16 Å². The minimum atomic E-state index is 0.324. The predicted molar refractivity (Wildman–Crippen MR) is 54.6 cm³/mol. The number of thioether (sulfide) groups is 1. The largest absolute Gasteiger partial charge is 0.368 e. The van der Waals surface area contributed by atoms with Crippen LogP contribution in [0.2, 0.25) is 0 Å². The maximum atomic E-state index is 5.53. The molecule has 0 atom stereocenters. The van der Waals surface area contributed by atoms with Gasteiger partial charge in [-0.3, -0.25) is 0 Å². The van der Waals surface area contributed by atoms with Crippen LogP contribution in [-0.2, 0) is 6.42 Å². The summed E-state index contributed by atoms with van der Waals surface area (Å²) in [6, 6.07) is 0. The molecule has 0 saturated heterocycles. The molecule has 0 aliphatic carbocycles. The molecule has 1 rings (SSSR count). The van der Waals surface area contributed by atoms with E-state index in [0.29, 0.717) is 11.1 Å². The highest BCUT2D eigenvalue weighted by molar-refractivity contribution is 7.98. The van der Waals surface area contributed by atoms with Crippen LogP contribution in [0.4, 0.5) is 5.95 Å². The van der Waals surface area contributed by atoms with Crippen molar-refractivity contribution in [2.45, 2.75) is 31.3 Å². The van der Waals surface area contributed by atoms with Crippen molar-refractivity contribution in [3.05, 3.63) is 5.82 Å². The minimum absolute atomic E-state index is 0.324. The van der Waals surface area contributed by atoms with Gasteiger partial charge < -0.3 is 5.73 Å². The van der Waals surface area contributed by atoms with Crippen molar-refractivity contribution in [2.75, 3.05) is 12.0 Å². The summed E-state index contributed by atoms with van der Waals surface area (Å²) >= 11 is 1.49. The van der Waals surface area contributed by atoms with Gasteiger partial charge in [-0.15, -0.1) is 0 Å². The number of nitrogen functional groups attached to an aromatic ring is 1. The Hall–Kier alpha value is -0.840. The Balaban J connectivity index is 2.76. The maximum absolute atomic E-state index is 5.53. The topological polar surface area (TPSA) is 64.7 Å². The Bertz CT molecular complexity index is 277. The van der Waals surface area contributed by atoms with E-state index in [1.807, 2.05) is 6.26 Å². The maximum Gasteiger partial charge on any atom is 0.224 e. The lowest BCUT2D eigenvalue weighted by Gasteiger charge is -2.01. The molecule has 1 aromatic rings. The number of nitrogens with zero attached hydrogens (tertiary/aromatic N) is 3. The van der Waals surface area contributed by atoms with E-state index >= 15 is 0 Å². The van der Waals surface area contributed by atoms with Crippen molar-refractivity contribution in [2.24, 2.45) is 0 Å². The van der Waals surface area contributed by atoms with Gasteiger partial charge in [0.25, 0.3) is 0 Å². The van der Waals surface area contributed by atoms with Gasteiger partial charge in [-0.05, 0) is 12.7 Å². The average molecular weight is 198 g/mol. The zero-order chi connectivity index (χ0) is 9.68. The standard InChI is InChI=1S/C8H14N4S/c1-3-4-5-6-10-7(9)12-8(11-6)13-2/h3-5H2,1-2H3,(H2,9,10,11,12). The molecule has 13 heavy (non-hydrogen) atoms. The summed E-state index contributed by atoms with van der Waals surface area (Å²) in [4.78, 5) is 12.3. The molecule has 0 bridgehead atoms. The Morgan fingerprint density at radius 1 is 1.31 bits per heavy atom. The molecular weight excluding hydrogens is 184 g/mol. The number of hydrogen-bond acceptors (Lipinski definition) is 5. The quantitative estimate of drug-likeness (QED) is 0.743. The lowest BCUT2D eigenvalue weighted by atomic mass is 10.2. The molecule has 0 radical (unpaired) electrons. The smallest absolute Gasteiger partial charge is 0.224 e. The second kappa shape index (κ2) is 5.01. The SMILES string of the molecule is CCCCc1nc(N)nc(SC)n1. The predicted octanol–water partition coefficient (Wildman–Crippen LogP) is 1.52. The number of hydrogen-bond donors (Lipinski definition) is 1. The van der Waals surface area contributed by atoms with Gasteiger partial charge in [-0.1, -0.05) is 25.1 Å². The number of unbranched alkanes of at least 4 members (excludes halogenated alkanes) is 1. The van der Waals surface area contributed by atoms with Gasteiger partial charge in [0, 0.05) is 6.42 Å². The molecule has 0 aliphatic heterocycles. The summed E-state index contributed by atoms with van der Waals surface area (Å²) in [6.07, 6.45) is 5.05. The Morgan fingerprint density at radius 2 is 2.08 bits per heavy atom. The van der Waals surface area contributed by atoms with Crippen LogP contribution in [0, 0.1) is 0 Å². The van der Waals surface area contributed by atoms with E-state index in [4.69, 9.17) is 5.73 Å². The first-order valence-corrected chi connectivity index (χ1v) is 5.53. The number of aromatic nitrogens is 3. The molecule has 0 aliphatic rings. The fourth-order valence-electron chi connectivity index (χ4n) is 0.954. The van der Waals surface area contributed by atoms with E-state index in [0.717, 1.165) is 25.1 Å². The van der Waals surface area contributed by atoms with Gasteiger partial charge in [-0.25, -0.2) is 4.98 Å². The molecular formula is C8H14N4S. The molecule has 0 saturated carbocycles. The van der Waals surface area contributed by atoms with Crippen molar-refractivity contribution in [3.63, 3.8) is 0 Å². The highest BCUT2D eigenvalue weighted by Crippen LogP contribution is 2.10. The fraction of sp³-hybridized carbons (Fsp3) is 0.625. The second-order valence-corrected chi connectivity index (χ2v) is 3.47. The van der Waals surface area contributed by atoms with Gasteiger partial charge in [0.2, 0.25) is 5.95 Å². The van der Waals surface area contributed by atoms with E-state index < -0.39 is 0 Å². The Labute approximate surface area is 82.4 Å². The molecule has 0 fully saturated rings. The van der Waals surface area contributed by atoms with Crippen LogP contribution < -0.4 is 5.73 Å². The van der Waals surface area contributed by atoms with Crippen molar-refractivity contribution < 1.29 is 0 Å². The summed E-state index contributed by atoms with van der Waals surface area (Å²) in [5.74, 6) is 1.13. The van der Waals surface area contributed by atoms with E-state index in [-0.39, 0.29) is 0 Å². The normalized spacial score (nSPS) is 10.3. The second-order valence-electron chi connectivity index (χ2n) is 2.70. The minimum Gasteiger partial charge on any atom is -0.368 e. The van der Waals surface area contributed by atoms with E-state index in [9.17, 15) is 0 Å². The van der Waals surface area contributed by atoms with Gasteiger partial charge >= 0.3 is 0 Å². The third-order valence-electron chi connectivity index (χ3n) is 1.62. The average Bonchev–Trinajstić information content (AvgIpc) is 2.14. The summed E-state index contributed by atoms with van der Waals surface area (Å²) in [5, 5.41) is 0.707. The Morgan fingerprint density at radius 3 is 2.69 bits per heavy atom. The van der Waals surface area contributed by atoms with Crippen LogP contribution in [0.1, 0.15) is 25.6 Å². The monoisotopic (exact) mass is 198 g/mol.